The molecule has 1 atom stereocenters. The van der Waals surface area contributed by atoms with Crippen molar-refractivity contribution in [3.63, 3.8) is 0 Å². The molecule has 1 fully saturated rings. The molecule has 0 aliphatic carbocycles. The van der Waals surface area contributed by atoms with Crippen molar-refractivity contribution < 1.29 is 4.79 Å². The van der Waals surface area contributed by atoms with Crippen molar-refractivity contribution in [2.24, 2.45) is 4.99 Å². The first kappa shape index (κ1) is 14.6. The molecule has 2 rings (SSSR count). The second kappa shape index (κ2) is 6.07. The Morgan fingerprint density at radius 2 is 1.85 bits per heavy atom. The Bertz CT molecular complexity index is 507. The van der Waals surface area contributed by atoms with Crippen LogP contribution in [0.25, 0.3) is 0 Å². The molecule has 1 aromatic rings. The Labute approximate surface area is 120 Å². The van der Waals surface area contributed by atoms with Gasteiger partial charge in [0.05, 0.1) is 0 Å². The van der Waals surface area contributed by atoms with Crippen molar-refractivity contribution in [1.29, 1.82) is 0 Å². The first-order valence-electron chi connectivity index (χ1n) is 7.33. The largest absolute Gasteiger partial charge is 0.338 e. The van der Waals surface area contributed by atoms with Gasteiger partial charge < -0.3 is 5.32 Å². The molecular weight excluding hydrogens is 250 g/mol. The van der Waals surface area contributed by atoms with E-state index in [1.165, 1.54) is 5.56 Å². The number of hydrogen-bond donors (Lipinski definition) is 2. The second-order valence-corrected chi connectivity index (χ2v) is 5.38. The van der Waals surface area contributed by atoms with Crippen molar-refractivity contribution in [3.05, 3.63) is 35.4 Å². The minimum atomic E-state index is -0.725. The van der Waals surface area contributed by atoms with Crippen LogP contribution in [-0.4, -0.2) is 18.4 Å². The van der Waals surface area contributed by atoms with Gasteiger partial charge in [0.1, 0.15) is 5.54 Å². The molecule has 0 saturated carbocycles. The summed E-state index contributed by atoms with van der Waals surface area (Å²) in [5.74, 6) is 0.535. The summed E-state index contributed by atoms with van der Waals surface area (Å²) in [6.45, 7) is 6.84. The third-order valence-corrected chi connectivity index (χ3v) is 3.62. The number of guanidine groups is 1. The minimum absolute atomic E-state index is 0.0457. The highest BCUT2D eigenvalue weighted by molar-refractivity contribution is 6.09. The smallest absolute Gasteiger partial charge is 0.256 e. The van der Waals surface area contributed by atoms with E-state index in [1.807, 2.05) is 19.1 Å². The van der Waals surface area contributed by atoms with Crippen LogP contribution in [-0.2, 0) is 16.8 Å². The number of hydrogen-bond acceptors (Lipinski definition) is 2. The van der Waals surface area contributed by atoms with E-state index in [-0.39, 0.29) is 5.91 Å². The Hall–Kier alpha value is -1.84. The predicted molar refractivity (Wildman–Crippen MR) is 81.7 cm³/mol. The summed E-state index contributed by atoms with van der Waals surface area (Å²) < 4.78 is 0. The Balaban J connectivity index is 2.20. The van der Waals surface area contributed by atoms with Crippen LogP contribution in [0.3, 0.4) is 0 Å². The van der Waals surface area contributed by atoms with Gasteiger partial charge in [0.15, 0.2) is 5.96 Å². The summed E-state index contributed by atoms with van der Waals surface area (Å²) in [4.78, 5) is 16.6. The normalized spacial score (nSPS) is 23.8. The highest BCUT2D eigenvalue weighted by atomic mass is 16.2. The summed E-state index contributed by atoms with van der Waals surface area (Å²) in [6, 6.07) is 8.25. The van der Waals surface area contributed by atoms with Gasteiger partial charge in [0.25, 0.3) is 5.91 Å². The lowest BCUT2D eigenvalue weighted by Gasteiger charge is -2.21. The van der Waals surface area contributed by atoms with E-state index in [0.29, 0.717) is 12.5 Å². The van der Waals surface area contributed by atoms with Crippen LogP contribution in [0.15, 0.2) is 29.3 Å². The van der Waals surface area contributed by atoms with Crippen molar-refractivity contribution in [1.82, 2.24) is 10.6 Å². The van der Waals surface area contributed by atoms with E-state index in [9.17, 15) is 4.79 Å². The molecule has 0 radical (unpaired) electrons. The quantitative estimate of drug-likeness (QED) is 0.865. The third kappa shape index (κ3) is 2.84. The van der Waals surface area contributed by atoms with Crippen LogP contribution in [0, 0.1) is 0 Å². The zero-order valence-corrected chi connectivity index (χ0v) is 12.5. The van der Waals surface area contributed by atoms with E-state index < -0.39 is 5.54 Å². The van der Waals surface area contributed by atoms with Gasteiger partial charge in [-0.2, -0.15) is 0 Å². The topological polar surface area (TPSA) is 53.5 Å². The number of amides is 1. The first-order chi connectivity index (χ1) is 9.60. The molecule has 1 aliphatic heterocycles. The second-order valence-electron chi connectivity index (χ2n) is 5.38. The molecule has 1 unspecified atom stereocenters. The van der Waals surface area contributed by atoms with Gasteiger partial charge in [0, 0.05) is 6.54 Å². The minimum Gasteiger partial charge on any atom is -0.338 e. The maximum Gasteiger partial charge on any atom is 0.256 e. The first-order valence-corrected chi connectivity index (χ1v) is 7.33. The number of carbonyl (C=O) groups is 1. The van der Waals surface area contributed by atoms with Crippen LogP contribution in [0.5, 0.6) is 0 Å². The molecule has 1 saturated heterocycles. The van der Waals surface area contributed by atoms with Gasteiger partial charge in [-0.3, -0.25) is 15.1 Å². The van der Waals surface area contributed by atoms with Crippen molar-refractivity contribution in [2.45, 2.75) is 45.6 Å². The van der Waals surface area contributed by atoms with E-state index in [2.05, 4.69) is 41.6 Å². The fourth-order valence-electron chi connectivity index (χ4n) is 2.36. The SMILES string of the molecule is CCCN=C1NC(=O)C(C)(c2ccc(CCC)cc2)N1. The molecule has 1 aromatic carbocycles. The zero-order chi connectivity index (χ0) is 14.6. The fourth-order valence-corrected chi connectivity index (χ4v) is 2.36. The molecular formula is C16H23N3O. The Morgan fingerprint density at radius 1 is 1.15 bits per heavy atom. The molecule has 4 nitrogen and oxygen atoms in total. The molecule has 2 N–H and O–H groups in total. The summed E-state index contributed by atoms with van der Waals surface area (Å²) in [6.07, 6.45) is 3.16. The number of benzene rings is 1. The number of carbonyl (C=O) groups excluding carboxylic acids is 1. The summed E-state index contributed by atoms with van der Waals surface area (Å²) in [7, 11) is 0. The lowest BCUT2D eigenvalue weighted by atomic mass is 9.91. The average Bonchev–Trinajstić information content (AvgIpc) is 2.74. The lowest BCUT2D eigenvalue weighted by Crippen LogP contribution is -2.40. The third-order valence-electron chi connectivity index (χ3n) is 3.62. The van der Waals surface area contributed by atoms with Crippen LogP contribution in [0.2, 0.25) is 0 Å². The number of nitrogens with zero attached hydrogens (tertiary/aromatic N) is 1. The van der Waals surface area contributed by atoms with E-state index in [0.717, 1.165) is 24.8 Å². The monoisotopic (exact) mass is 273 g/mol. The van der Waals surface area contributed by atoms with E-state index >= 15 is 0 Å². The molecule has 0 aromatic heterocycles. The van der Waals surface area contributed by atoms with Crippen molar-refractivity contribution in [3.8, 4) is 0 Å². The van der Waals surface area contributed by atoms with Gasteiger partial charge in [-0.05, 0) is 30.9 Å². The predicted octanol–water partition coefficient (Wildman–Crippen LogP) is 2.34. The average molecular weight is 273 g/mol. The summed E-state index contributed by atoms with van der Waals surface area (Å²) in [5.41, 5.74) is 1.55. The Kier molecular flexibility index (Phi) is 4.42. The van der Waals surface area contributed by atoms with Gasteiger partial charge >= 0.3 is 0 Å². The summed E-state index contributed by atoms with van der Waals surface area (Å²) >= 11 is 0. The van der Waals surface area contributed by atoms with Gasteiger partial charge in [-0.25, -0.2) is 0 Å². The molecule has 20 heavy (non-hydrogen) atoms. The summed E-state index contributed by atoms with van der Waals surface area (Å²) in [5, 5.41) is 6.03. The highest BCUT2D eigenvalue weighted by Gasteiger charge is 2.42. The fraction of sp³-hybridized carbons (Fsp3) is 0.500. The lowest BCUT2D eigenvalue weighted by molar-refractivity contribution is -0.123. The maximum atomic E-state index is 12.2. The van der Waals surface area contributed by atoms with Crippen molar-refractivity contribution in [2.75, 3.05) is 6.54 Å². The molecule has 0 bridgehead atoms. The number of aryl methyl sites for hydroxylation is 1. The van der Waals surface area contributed by atoms with E-state index in [4.69, 9.17) is 0 Å². The van der Waals surface area contributed by atoms with E-state index in [1.54, 1.807) is 0 Å². The zero-order valence-electron chi connectivity index (χ0n) is 12.5. The molecule has 1 heterocycles. The molecule has 108 valence electrons. The Morgan fingerprint density at radius 3 is 2.45 bits per heavy atom. The van der Waals surface area contributed by atoms with Crippen molar-refractivity contribution >= 4 is 11.9 Å². The standard InChI is InChI=1S/C16H23N3O/c1-4-6-12-7-9-13(10-8-12)16(3)14(20)18-15(19-16)17-11-5-2/h7-10H,4-6,11H2,1-3H3,(H2,17,18,19,20). The van der Waals surface area contributed by atoms with Gasteiger partial charge in [-0.1, -0.05) is 44.5 Å². The molecule has 0 spiro atoms. The highest BCUT2D eigenvalue weighted by Crippen LogP contribution is 2.24. The van der Waals surface area contributed by atoms with Crippen LogP contribution in [0.1, 0.15) is 44.7 Å². The number of nitrogens with one attached hydrogen (secondary N) is 2. The van der Waals surface area contributed by atoms with Gasteiger partial charge in [-0.15, -0.1) is 0 Å². The molecule has 4 heteroatoms. The van der Waals surface area contributed by atoms with Crippen LogP contribution < -0.4 is 10.6 Å². The van der Waals surface area contributed by atoms with Crippen LogP contribution in [0.4, 0.5) is 0 Å². The molecule has 1 aliphatic rings. The number of aliphatic imine (C=N–C) groups is 1. The van der Waals surface area contributed by atoms with Crippen LogP contribution >= 0.6 is 0 Å². The maximum absolute atomic E-state index is 12.2. The number of rotatable bonds is 5. The molecule has 1 amide bonds. The van der Waals surface area contributed by atoms with Gasteiger partial charge in [0.2, 0.25) is 0 Å².